The Kier molecular flexibility index (Phi) is 4.46. The maximum atomic E-state index is 13.1. The fourth-order valence-corrected chi connectivity index (χ4v) is 3.50. The largest absolute Gasteiger partial charge is 0.398 e. The van der Waals surface area contributed by atoms with Gasteiger partial charge in [0.05, 0.1) is 4.92 Å². The Hall–Kier alpha value is -2.50. The highest BCUT2D eigenvalue weighted by Gasteiger charge is 2.24. The molecule has 0 amide bonds. The van der Waals surface area contributed by atoms with E-state index >= 15 is 0 Å². The first-order valence-electron chi connectivity index (χ1n) is 7.99. The number of fused-ring (bicyclic) bond motifs is 2. The second-order valence-electron chi connectivity index (χ2n) is 6.08. The number of nitrogens with zero attached hydrogens (tertiary/aromatic N) is 1. The van der Waals surface area contributed by atoms with E-state index in [-0.39, 0.29) is 17.3 Å². The number of hydrogen-bond acceptors (Lipinski definition) is 3. The van der Waals surface area contributed by atoms with Crippen molar-refractivity contribution < 1.29 is 13.7 Å². The Morgan fingerprint density at radius 2 is 1.33 bits per heavy atom. The molecule has 2 N–H and O–H groups in total. The topological polar surface area (TPSA) is 69.2 Å². The molecule has 0 saturated heterocycles. The summed E-state index contributed by atoms with van der Waals surface area (Å²) in [5.41, 5.74) is 9.48. The van der Waals surface area contributed by atoms with Gasteiger partial charge in [0.25, 0.3) is 5.69 Å². The smallest absolute Gasteiger partial charge is 0.273 e. The highest BCUT2D eigenvalue weighted by atomic mass is 19.1. The fraction of sp³-hybridized carbons (Fsp3) is 0.333. The summed E-state index contributed by atoms with van der Waals surface area (Å²) in [6, 6.07) is 5.54. The van der Waals surface area contributed by atoms with Crippen molar-refractivity contribution in [3.05, 3.63) is 68.3 Å². The van der Waals surface area contributed by atoms with Crippen molar-refractivity contribution >= 4 is 11.4 Å². The van der Waals surface area contributed by atoms with E-state index in [2.05, 4.69) is 0 Å². The fourth-order valence-electron chi connectivity index (χ4n) is 3.50. The van der Waals surface area contributed by atoms with Crippen molar-refractivity contribution in [3.8, 4) is 0 Å². The number of nitro groups is 1. The van der Waals surface area contributed by atoms with Crippen LogP contribution in [0.1, 0.15) is 35.1 Å². The third-order valence-corrected chi connectivity index (χ3v) is 4.66. The van der Waals surface area contributed by atoms with Crippen LogP contribution in [0, 0.1) is 21.7 Å². The zero-order valence-corrected chi connectivity index (χ0v) is 13.1. The van der Waals surface area contributed by atoms with Crippen molar-refractivity contribution in [3.63, 3.8) is 0 Å². The lowest BCUT2D eigenvalue weighted by atomic mass is 10.1. The molecule has 2 aromatic carbocycles. The van der Waals surface area contributed by atoms with Crippen LogP contribution in [-0.4, -0.2) is 4.92 Å². The molecule has 24 heavy (non-hydrogen) atoms. The summed E-state index contributed by atoms with van der Waals surface area (Å²) in [4.78, 5) is 10.1. The number of halogens is 2. The van der Waals surface area contributed by atoms with Crippen molar-refractivity contribution in [1.29, 1.82) is 0 Å². The average molecular weight is 332 g/mol. The Morgan fingerprint density at radius 3 is 1.92 bits per heavy atom. The number of hydrogen-bond donors (Lipinski definition) is 1. The van der Waals surface area contributed by atoms with E-state index in [4.69, 9.17) is 5.73 Å². The summed E-state index contributed by atoms with van der Waals surface area (Å²) in [7, 11) is 0. The highest BCUT2D eigenvalue weighted by Crippen LogP contribution is 2.32. The van der Waals surface area contributed by atoms with Crippen LogP contribution < -0.4 is 5.73 Å². The summed E-state index contributed by atoms with van der Waals surface area (Å²) in [6.07, 6.45) is 4.91. The van der Waals surface area contributed by atoms with E-state index in [1.54, 1.807) is 6.07 Å². The molecule has 0 unspecified atom stereocenters. The van der Waals surface area contributed by atoms with E-state index < -0.39 is 4.92 Å². The number of rotatable bonds is 1. The second-order valence-corrected chi connectivity index (χ2v) is 6.08. The molecule has 6 heteroatoms. The standard InChI is InChI=1S/C9H8FNO2.C9H10FN/c10-8-4-5-9(11(12)13)7-3-1-2-6(7)8;10-8-4-5-9(11)7-3-1-2-6(7)8/h4-5H,1-3H2;4-5H,1-3,11H2. The number of nitro benzene ring substituents is 1. The molecule has 0 aromatic heterocycles. The molecule has 0 saturated carbocycles. The number of nitrogens with two attached hydrogens (primary N) is 1. The van der Waals surface area contributed by atoms with E-state index in [1.807, 2.05) is 0 Å². The summed E-state index contributed by atoms with van der Waals surface area (Å²) < 4.78 is 26.1. The van der Waals surface area contributed by atoms with Crippen LogP contribution in [0.15, 0.2) is 24.3 Å². The minimum atomic E-state index is -0.441. The summed E-state index contributed by atoms with van der Waals surface area (Å²) >= 11 is 0. The lowest BCUT2D eigenvalue weighted by Gasteiger charge is -2.03. The maximum absolute atomic E-state index is 13.1. The molecule has 0 heterocycles. The molecule has 2 aliphatic rings. The lowest BCUT2D eigenvalue weighted by molar-refractivity contribution is -0.385. The minimum absolute atomic E-state index is 0.0638. The minimum Gasteiger partial charge on any atom is -0.398 e. The van der Waals surface area contributed by atoms with Crippen molar-refractivity contribution in [2.75, 3.05) is 5.73 Å². The SMILES string of the molecule is Nc1ccc(F)c2c1CCC2.O=[N+]([O-])c1ccc(F)c2c1CCC2. The van der Waals surface area contributed by atoms with Gasteiger partial charge in [0, 0.05) is 17.3 Å². The predicted octanol–water partition coefficient (Wildman–Crippen LogP) is 4.12. The average Bonchev–Trinajstić information content (AvgIpc) is 3.21. The monoisotopic (exact) mass is 332 g/mol. The third kappa shape index (κ3) is 2.96. The zero-order valence-electron chi connectivity index (χ0n) is 13.1. The van der Waals surface area contributed by atoms with Gasteiger partial charge in [0.1, 0.15) is 11.6 Å². The lowest BCUT2D eigenvalue weighted by Crippen LogP contribution is -1.96. The Bertz CT molecular complexity index is 777. The molecule has 126 valence electrons. The number of nitrogen functional groups attached to an aromatic ring is 1. The van der Waals surface area contributed by atoms with Crippen LogP contribution in [0.4, 0.5) is 20.2 Å². The first kappa shape index (κ1) is 16.4. The van der Waals surface area contributed by atoms with Gasteiger partial charge in [-0.15, -0.1) is 0 Å². The van der Waals surface area contributed by atoms with Crippen molar-refractivity contribution in [2.45, 2.75) is 38.5 Å². The molecule has 0 atom stereocenters. The molecule has 2 aliphatic carbocycles. The molecule has 0 aliphatic heterocycles. The van der Waals surface area contributed by atoms with Crippen LogP contribution in [0.2, 0.25) is 0 Å². The molecular formula is C18H18F2N2O2. The summed E-state index contributed by atoms with van der Waals surface area (Å²) in [5.74, 6) is -0.398. The molecule has 2 aromatic rings. The highest BCUT2D eigenvalue weighted by molar-refractivity contribution is 5.53. The summed E-state index contributed by atoms with van der Waals surface area (Å²) in [5, 5.41) is 10.6. The van der Waals surface area contributed by atoms with Gasteiger partial charge in [-0.3, -0.25) is 10.1 Å². The van der Waals surface area contributed by atoms with Crippen LogP contribution in [0.25, 0.3) is 0 Å². The zero-order chi connectivity index (χ0) is 17.3. The Morgan fingerprint density at radius 1 is 0.833 bits per heavy atom. The molecule has 0 bridgehead atoms. The Labute approximate surface area is 138 Å². The molecule has 0 fully saturated rings. The van der Waals surface area contributed by atoms with Gasteiger partial charge < -0.3 is 5.73 Å². The van der Waals surface area contributed by atoms with Gasteiger partial charge in [-0.2, -0.15) is 0 Å². The number of benzene rings is 2. The number of anilines is 1. The van der Waals surface area contributed by atoms with E-state index in [9.17, 15) is 18.9 Å². The van der Waals surface area contributed by atoms with Gasteiger partial charge in [0.15, 0.2) is 0 Å². The third-order valence-electron chi connectivity index (χ3n) is 4.66. The van der Waals surface area contributed by atoms with Crippen LogP contribution in [0.5, 0.6) is 0 Å². The van der Waals surface area contributed by atoms with Gasteiger partial charge in [0.2, 0.25) is 0 Å². The van der Waals surface area contributed by atoms with E-state index in [0.717, 1.165) is 42.5 Å². The van der Waals surface area contributed by atoms with Gasteiger partial charge in [-0.25, -0.2) is 8.78 Å². The molecular weight excluding hydrogens is 314 g/mol. The Balaban J connectivity index is 0.000000143. The quantitative estimate of drug-likeness (QED) is 0.485. The molecule has 4 nitrogen and oxygen atoms in total. The molecule has 4 rings (SSSR count). The molecule has 0 radical (unpaired) electrons. The molecule has 0 spiro atoms. The van der Waals surface area contributed by atoms with Crippen LogP contribution >= 0.6 is 0 Å². The van der Waals surface area contributed by atoms with Crippen LogP contribution in [0.3, 0.4) is 0 Å². The van der Waals surface area contributed by atoms with Crippen LogP contribution in [-0.2, 0) is 25.7 Å². The second kappa shape index (κ2) is 6.55. The van der Waals surface area contributed by atoms with Gasteiger partial charge in [-0.05, 0) is 73.4 Å². The van der Waals surface area contributed by atoms with E-state index in [0.29, 0.717) is 24.0 Å². The first-order valence-corrected chi connectivity index (χ1v) is 7.99. The van der Waals surface area contributed by atoms with Crippen molar-refractivity contribution in [1.82, 2.24) is 0 Å². The maximum Gasteiger partial charge on any atom is 0.273 e. The normalized spacial score (nSPS) is 14.6. The van der Waals surface area contributed by atoms with Crippen molar-refractivity contribution in [2.24, 2.45) is 0 Å². The van der Waals surface area contributed by atoms with E-state index in [1.165, 1.54) is 18.2 Å². The summed E-state index contributed by atoms with van der Waals surface area (Å²) in [6.45, 7) is 0. The first-order chi connectivity index (χ1) is 11.5. The predicted molar refractivity (Wildman–Crippen MR) is 87.9 cm³/mol. The van der Waals surface area contributed by atoms with Gasteiger partial charge in [-0.1, -0.05) is 0 Å². The van der Waals surface area contributed by atoms with Gasteiger partial charge >= 0.3 is 0 Å².